The smallest absolute Gasteiger partial charge is 0.205 e. The molecule has 2 aliphatic heterocycles. The zero-order valence-corrected chi connectivity index (χ0v) is 9.49. The van der Waals surface area contributed by atoms with Gasteiger partial charge in [0.15, 0.2) is 0 Å². The van der Waals surface area contributed by atoms with E-state index in [2.05, 4.69) is 10.6 Å². The normalized spacial score (nSPS) is 24.6. The highest BCUT2D eigenvalue weighted by Gasteiger charge is 2.34. The van der Waals surface area contributed by atoms with Gasteiger partial charge in [-0.2, -0.15) is 0 Å². The molecule has 0 aliphatic carbocycles. The highest BCUT2D eigenvalue weighted by molar-refractivity contribution is 5.76. The predicted molar refractivity (Wildman–Crippen MR) is 64.4 cm³/mol. The fourth-order valence-electron chi connectivity index (χ4n) is 2.68. The van der Waals surface area contributed by atoms with E-state index in [0.717, 1.165) is 31.6 Å². The van der Waals surface area contributed by atoms with Crippen LogP contribution in [0.15, 0.2) is 18.2 Å². The standard InChI is InChI=1S/C12H16FN3O/c13-9-2-1-3-10-11(9)15-12(17)16(10)8-4-6-14-7-5-8/h1-3,8,12,14-15,17H,4-7H2. The number of aliphatic hydroxyl groups excluding tert-OH is 1. The quantitative estimate of drug-likeness (QED) is 0.684. The minimum Gasteiger partial charge on any atom is -0.356 e. The summed E-state index contributed by atoms with van der Waals surface area (Å²) in [7, 11) is 0. The Morgan fingerprint density at radius 1 is 1.29 bits per heavy atom. The summed E-state index contributed by atoms with van der Waals surface area (Å²) >= 11 is 0. The van der Waals surface area contributed by atoms with Gasteiger partial charge in [0.25, 0.3) is 0 Å². The number of anilines is 2. The molecule has 92 valence electrons. The summed E-state index contributed by atoms with van der Waals surface area (Å²) in [5, 5.41) is 16.1. The lowest BCUT2D eigenvalue weighted by Gasteiger charge is -2.35. The van der Waals surface area contributed by atoms with Gasteiger partial charge in [0, 0.05) is 6.04 Å². The minimum absolute atomic E-state index is 0.266. The Bertz CT molecular complexity index is 420. The average Bonchev–Trinajstić information content (AvgIpc) is 2.68. The van der Waals surface area contributed by atoms with Crippen LogP contribution in [0.5, 0.6) is 0 Å². The largest absolute Gasteiger partial charge is 0.356 e. The van der Waals surface area contributed by atoms with Gasteiger partial charge >= 0.3 is 0 Å². The Labute approximate surface area is 99.4 Å². The van der Waals surface area contributed by atoms with Gasteiger partial charge in [0.2, 0.25) is 6.35 Å². The number of hydrogen-bond acceptors (Lipinski definition) is 4. The van der Waals surface area contributed by atoms with E-state index in [4.69, 9.17) is 0 Å². The molecule has 5 heteroatoms. The van der Waals surface area contributed by atoms with Crippen LogP contribution in [0.1, 0.15) is 12.8 Å². The van der Waals surface area contributed by atoms with Crippen LogP contribution in [0, 0.1) is 5.82 Å². The van der Waals surface area contributed by atoms with Crippen molar-refractivity contribution in [3.63, 3.8) is 0 Å². The summed E-state index contributed by atoms with van der Waals surface area (Å²) in [6.07, 6.45) is 1.12. The fourth-order valence-corrected chi connectivity index (χ4v) is 2.68. The van der Waals surface area contributed by atoms with Crippen LogP contribution in [0.3, 0.4) is 0 Å². The van der Waals surface area contributed by atoms with Crippen LogP contribution in [-0.4, -0.2) is 30.6 Å². The molecule has 0 spiro atoms. The van der Waals surface area contributed by atoms with Crippen molar-refractivity contribution in [1.29, 1.82) is 0 Å². The first-order valence-electron chi connectivity index (χ1n) is 5.99. The number of fused-ring (bicyclic) bond motifs is 1. The molecule has 2 heterocycles. The van der Waals surface area contributed by atoms with Crippen molar-refractivity contribution in [2.75, 3.05) is 23.3 Å². The molecular formula is C12H16FN3O. The summed E-state index contributed by atoms with van der Waals surface area (Å²) < 4.78 is 13.6. The molecule has 0 amide bonds. The van der Waals surface area contributed by atoms with Gasteiger partial charge in [0.1, 0.15) is 5.82 Å². The molecule has 0 radical (unpaired) electrons. The summed E-state index contributed by atoms with van der Waals surface area (Å²) in [4.78, 5) is 1.89. The number of piperidine rings is 1. The first-order chi connectivity index (χ1) is 8.27. The zero-order chi connectivity index (χ0) is 11.8. The Morgan fingerprint density at radius 2 is 2.06 bits per heavy atom. The van der Waals surface area contributed by atoms with Crippen molar-refractivity contribution in [2.45, 2.75) is 25.2 Å². The summed E-state index contributed by atoms with van der Waals surface area (Å²) in [6, 6.07) is 5.21. The lowest BCUT2D eigenvalue weighted by Crippen LogP contribution is -2.48. The van der Waals surface area contributed by atoms with Crippen molar-refractivity contribution in [3.05, 3.63) is 24.0 Å². The zero-order valence-electron chi connectivity index (χ0n) is 9.49. The molecular weight excluding hydrogens is 221 g/mol. The van der Waals surface area contributed by atoms with Crippen molar-refractivity contribution in [3.8, 4) is 0 Å². The average molecular weight is 237 g/mol. The number of benzene rings is 1. The third kappa shape index (κ3) is 1.75. The number of nitrogens with one attached hydrogen (secondary N) is 2. The Morgan fingerprint density at radius 3 is 2.82 bits per heavy atom. The van der Waals surface area contributed by atoms with Gasteiger partial charge in [-0.3, -0.25) is 0 Å². The molecule has 0 bridgehead atoms. The number of rotatable bonds is 1. The fraction of sp³-hybridized carbons (Fsp3) is 0.500. The van der Waals surface area contributed by atoms with Gasteiger partial charge in [0.05, 0.1) is 11.4 Å². The lowest BCUT2D eigenvalue weighted by molar-refractivity contribution is 0.184. The number of aliphatic hydroxyl groups is 1. The first-order valence-corrected chi connectivity index (χ1v) is 5.99. The summed E-state index contributed by atoms with van der Waals surface area (Å²) in [6.45, 7) is 1.89. The molecule has 0 saturated carbocycles. The molecule has 1 atom stereocenters. The van der Waals surface area contributed by atoms with Gasteiger partial charge in [-0.1, -0.05) is 6.07 Å². The van der Waals surface area contributed by atoms with Crippen molar-refractivity contribution < 1.29 is 9.50 Å². The Balaban J connectivity index is 1.93. The Hall–Kier alpha value is -1.33. The maximum atomic E-state index is 13.6. The number of halogens is 1. The summed E-state index contributed by atoms with van der Waals surface area (Å²) in [5.41, 5.74) is 1.18. The van der Waals surface area contributed by atoms with E-state index in [1.54, 1.807) is 6.07 Å². The molecule has 3 N–H and O–H groups in total. The molecule has 4 nitrogen and oxygen atoms in total. The lowest BCUT2D eigenvalue weighted by atomic mass is 10.0. The third-order valence-corrected chi connectivity index (χ3v) is 3.51. The second-order valence-electron chi connectivity index (χ2n) is 4.54. The van der Waals surface area contributed by atoms with Crippen LogP contribution in [0.2, 0.25) is 0 Å². The molecule has 1 fully saturated rings. The predicted octanol–water partition coefficient (Wildman–Crippen LogP) is 1.09. The van der Waals surface area contributed by atoms with E-state index in [1.165, 1.54) is 6.07 Å². The summed E-state index contributed by atoms with van der Waals surface area (Å²) in [5.74, 6) is -0.307. The van der Waals surface area contributed by atoms with Crippen molar-refractivity contribution in [1.82, 2.24) is 5.32 Å². The maximum Gasteiger partial charge on any atom is 0.205 e. The van der Waals surface area contributed by atoms with Gasteiger partial charge in [-0.05, 0) is 38.1 Å². The molecule has 0 aromatic heterocycles. The molecule has 2 aliphatic rings. The van der Waals surface area contributed by atoms with Crippen molar-refractivity contribution >= 4 is 11.4 Å². The van der Waals surface area contributed by atoms with E-state index >= 15 is 0 Å². The van der Waals surface area contributed by atoms with Crippen LogP contribution in [0.4, 0.5) is 15.8 Å². The second kappa shape index (κ2) is 4.16. The number of para-hydroxylation sites is 1. The van der Waals surface area contributed by atoms with E-state index in [9.17, 15) is 9.50 Å². The number of hydrogen-bond donors (Lipinski definition) is 3. The van der Waals surface area contributed by atoms with E-state index < -0.39 is 6.35 Å². The molecule has 3 rings (SSSR count). The van der Waals surface area contributed by atoms with Crippen LogP contribution in [-0.2, 0) is 0 Å². The van der Waals surface area contributed by atoms with Gasteiger partial charge in [-0.15, -0.1) is 0 Å². The van der Waals surface area contributed by atoms with E-state index in [0.29, 0.717) is 5.69 Å². The highest BCUT2D eigenvalue weighted by atomic mass is 19.1. The maximum absolute atomic E-state index is 13.6. The molecule has 1 aromatic rings. The van der Waals surface area contributed by atoms with Crippen LogP contribution >= 0.6 is 0 Å². The third-order valence-electron chi connectivity index (χ3n) is 3.51. The SMILES string of the molecule is OC1Nc2c(F)cccc2N1C1CCNCC1. The van der Waals surface area contributed by atoms with Crippen LogP contribution in [0.25, 0.3) is 0 Å². The van der Waals surface area contributed by atoms with Gasteiger partial charge < -0.3 is 20.6 Å². The first kappa shape index (κ1) is 10.8. The molecule has 17 heavy (non-hydrogen) atoms. The number of nitrogens with zero attached hydrogens (tertiary/aromatic N) is 1. The minimum atomic E-state index is -0.815. The Kier molecular flexibility index (Phi) is 2.64. The second-order valence-corrected chi connectivity index (χ2v) is 4.54. The van der Waals surface area contributed by atoms with Crippen LogP contribution < -0.4 is 15.5 Å². The topological polar surface area (TPSA) is 47.5 Å². The van der Waals surface area contributed by atoms with Gasteiger partial charge in [-0.25, -0.2) is 4.39 Å². The molecule has 1 saturated heterocycles. The van der Waals surface area contributed by atoms with E-state index in [-0.39, 0.29) is 11.9 Å². The molecule has 1 aromatic carbocycles. The monoisotopic (exact) mass is 237 g/mol. The van der Waals surface area contributed by atoms with Crippen molar-refractivity contribution in [2.24, 2.45) is 0 Å². The highest BCUT2D eigenvalue weighted by Crippen LogP contribution is 2.38. The van der Waals surface area contributed by atoms with E-state index in [1.807, 2.05) is 11.0 Å². The molecule has 1 unspecified atom stereocenters.